The van der Waals surface area contributed by atoms with Crippen LogP contribution in [-0.4, -0.2) is 84.4 Å². The van der Waals surface area contributed by atoms with Gasteiger partial charge in [-0.25, -0.2) is 0 Å². The largest absolute Gasteiger partial charge is 0.390 e. The third-order valence-corrected chi connectivity index (χ3v) is 6.38. The molecule has 0 bridgehead atoms. The maximum Gasteiger partial charge on any atom is 0.253 e. The molecule has 3 aliphatic rings. The van der Waals surface area contributed by atoms with Crippen LogP contribution in [0.25, 0.3) is 0 Å². The van der Waals surface area contributed by atoms with Gasteiger partial charge < -0.3 is 24.9 Å². The zero-order chi connectivity index (χ0) is 18.3. The summed E-state index contributed by atoms with van der Waals surface area (Å²) < 4.78 is 0. The highest BCUT2D eigenvalue weighted by Crippen LogP contribution is 2.37. The standard InChI is InChI=1S/C20H29N3O3/c1-21-6-8-22(9-7-21)17-4-2-14(3-5-17)20(26)23-12-15-10-18(24)19(25)11-16(15)13-23/h2-5,15-16,18-19,24-25H,6-13H2,1H3/t15-,16+,18+,19-. The number of nitrogens with zero attached hydrogens (tertiary/aromatic N) is 3. The first kappa shape index (κ1) is 17.8. The molecule has 0 unspecified atom stereocenters. The molecule has 1 aromatic carbocycles. The Labute approximate surface area is 155 Å². The van der Waals surface area contributed by atoms with Crippen LogP contribution in [0.4, 0.5) is 5.69 Å². The fraction of sp³-hybridized carbons (Fsp3) is 0.650. The summed E-state index contributed by atoms with van der Waals surface area (Å²) in [6, 6.07) is 7.97. The minimum atomic E-state index is -0.644. The van der Waals surface area contributed by atoms with Gasteiger partial charge in [0.05, 0.1) is 12.2 Å². The van der Waals surface area contributed by atoms with E-state index in [9.17, 15) is 15.0 Å². The number of carbonyl (C=O) groups excluding carboxylic acids is 1. The van der Waals surface area contributed by atoms with Gasteiger partial charge in [0.15, 0.2) is 0 Å². The van der Waals surface area contributed by atoms with Crippen LogP contribution >= 0.6 is 0 Å². The number of benzene rings is 1. The summed E-state index contributed by atoms with van der Waals surface area (Å²) in [7, 11) is 2.14. The minimum absolute atomic E-state index is 0.0632. The maximum atomic E-state index is 12.9. The van der Waals surface area contributed by atoms with E-state index in [1.165, 1.54) is 5.69 Å². The van der Waals surface area contributed by atoms with Crippen molar-refractivity contribution in [2.75, 3.05) is 51.2 Å². The van der Waals surface area contributed by atoms with Crippen LogP contribution in [0.5, 0.6) is 0 Å². The van der Waals surface area contributed by atoms with Gasteiger partial charge in [-0.05, 0) is 56.0 Å². The average molecular weight is 359 g/mol. The number of fused-ring (bicyclic) bond motifs is 1. The first-order valence-electron chi connectivity index (χ1n) is 9.70. The molecule has 2 aliphatic heterocycles. The number of piperazine rings is 1. The van der Waals surface area contributed by atoms with E-state index < -0.39 is 12.2 Å². The molecule has 4 atom stereocenters. The highest BCUT2D eigenvalue weighted by molar-refractivity contribution is 5.94. The van der Waals surface area contributed by atoms with Crippen LogP contribution in [0.2, 0.25) is 0 Å². The number of carbonyl (C=O) groups is 1. The van der Waals surface area contributed by atoms with Gasteiger partial charge in [0.1, 0.15) is 0 Å². The molecule has 3 fully saturated rings. The van der Waals surface area contributed by atoms with Crippen molar-refractivity contribution < 1.29 is 15.0 Å². The van der Waals surface area contributed by atoms with Crippen molar-refractivity contribution in [2.24, 2.45) is 11.8 Å². The quantitative estimate of drug-likeness (QED) is 0.811. The fourth-order valence-electron chi connectivity index (χ4n) is 4.64. The molecule has 4 rings (SSSR count). The first-order valence-corrected chi connectivity index (χ1v) is 9.70. The van der Waals surface area contributed by atoms with Crippen LogP contribution in [0.3, 0.4) is 0 Å². The summed E-state index contributed by atoms with van der Waals surface area (Å²) in [5, 5.41) is 19.8. The van der Waals surface area contributed by atoms with Crippen molar-refractivity contribution in [3.05, 3.63) is 29.8 Å². The van der Waals surface area contributed by atoms with Gasteiger partial charge in [-0.1, -0.05) is 0 Å². The smallest absolute Gasteiger partial charge is 0.253 e. The third-order valence-electron chi connectivity index (χ3n) is 6.38. The van der Waals surface area contributed by atoms with Crippen molar-refractivity contribution in [3.8, 4) is 0 Å². The van der Waals surface area contributed by atoms with Gasteiger partial charge in [0.25, 0.3) is 5.91 Å². The predicted molar refractivity (Wildman–Crippen MR) is 100 cm³/mol. The zero-order valence-corrected chi connectivity index (χ0v) is 15.4. The number of hydrogen-bond donors (Lipinski definition) is 2. The average Bonchev–Trinajstić information content (AvgIpc) is 3.05. The molecule has 26 heavy (non-hydrogen) atoms. The number of anilines is 1. The van der Waals surface area contributed by atoms with E-state index in [-0.39, 0.29) is 5.91 Å². The van der Waals surface area contributed by atoms with Gasteiger partial charge in [0.2, 0.25) is 0 Å². The maximum absolute atomic E-state index is 12.9. The lowest BCUT2D eigenvalue weighted by Crippen LogP contribution is -2.44. The van der Waals surface area contributed by atoms with Crippen LogP contribution in [-0.2, 0) is 0 Å². The Bertz CT molecular complexity index is 624. The Morgan fingerprint density at radius 1 is 0.923 bits per heavy atom. The Morgan fingerprint density at radius 2 is 1.46 bits per heavy atom. The van der Waals surface area contributed by atoms with Crippen LogP contribution < -0.4 is 4.90 Å². The Hall–Kier alpha value is -1.63. The van der Waals surface area contributed by atoms with Crippen molar-refractivity contribution in [2.45, 2.75) is 25.0 Å². The lowest BCUT2D eigenvalue weighted by molar-refractivity contribution is -0.0372. The van der Waals surface area contributed by atoms with Gasteiger partial charge in [0, 0.05) is 50.5 Å². The van der Waals surface area contributed by atoms with E-state index in [1.54, 1.807) is 0 Å². The molecule has 6 heteroatoms. The molecule has 2 saturated heterocycles. The lowest BCUT2D eigenvalue weighted by atomic mass is 9.79. The fourth-order valence-corrected chi connectivity index (χ4v) is 4.64. The monoisotopic (exact) mass is 359 g/mol. The second-order valence-electron chi connectivity index (χ2n) is 8.17. The number of aliphatic hydroxyl groups is 2. The minimum Gasteiger partial charge on any atom is -0.390 e. The molecule has 1 amide bonds. The molecule has 1 aromatic rings. The molecule has 1 aliphatic carbocycles. The van der Waals surface area contributed by atoms with Crippen molar-refractivity contribution in [1.82, 2.24) is 9.80 Å². The van der Waals surface area contributed by atoms with Crippen molar-refractivity contribution >= 4 is 11.6 Å². The molecule has 2 heterocycles. The number of likely N-dealkylation sites (N-methyl/N-ethyl adjacent to an activating group) is 1. The summed E-state index contributed by atoms with van der Waals surface area (Å²) in [5.41, 5.74) is 1.90. The number of likely N-dealkylation sites (tertiary alicyclic amines) is 1. The van der Waals surface area contributed by atoms with E-state index in [0.29, 0.717) is 37.8 Å². The van der Waals surface area contributed by atoms with Gasteiger partial charge in [-0.15, -0.1) is 0 Å². The molecule has 0 spiro atoms. The van der Waals surface area contributed by atoms with Crippen molar-refractivity contribution in [1.29, 1.82) is 0 Å². The Morgan fingerprint density at radius 3 is 2.00 bits per heavy atom. The summed E-state index contributed by atoms with van der Waals surface area (Å²) in [4.78, 5) is 19.4. The van der Waals surface area contributed by atoms with Crippen LogP contribution in [0.1, 0.15) is 23.2 Å². The molecule has 1 saturated carbocycles. The highest BCUT2D eigenvalue weighted by Gasteiger charge is 2.42. The van der Waals surface area contributed by atoms with E-state index >= 15 is 0 Å². The molecule has 2 N–H and O–H groups in total. The SMILES string of the molecule is CN1CCN(c2ccc(C(=O)N3C[C@H]4C[C@H](O)[C@H](O)C[C@H]4C3)cc2)CC1. The number of hydrogen-bond acceptors (Lipinski definition) is 5. The summed E-state index contributed by atoms with van der Waals surface area (Å²) in [5.74, 6) is 0.678. The number of rotatable bonds is 2. The van der Waals surface area contributed by atoms with Crippen LogP contribution in [0.15, 0.2) is 24.3 Å². The molecule has 6 nitrogen and oxygen atoms in total. The molecular weight excluding hydrogens is 330 g/mol. The predicted octanol–water partition coefficient (Wildman–Crippen LogP) is 0.642. The van der Waals surface area contributed by atoms with E-state index in [1.807, 2.05) is 17.0 Å². The number of amides is 1. The van der Waals surface area contributed by atoms with Crippen molar-refractivity contribution in [3.63, 3.8) is 0 Å². The second-order valence-corrected chi connectivity index (χ2v) is 8.17. The summed E-state index contributed by atoms with van der Waals surface area (Å²) in [6.07, 6.45) is -0.0982. The summed E-state index contributed by atoms with van der Waals surface area (Å²) >= 11 is 0. The Kier molecular flexibility index (Phi) is 4.90. The molecule has 0 aromatic heterocycles. The van der Waals surface area contributed by atoms with Gasteiger partial charge in [-0.2, -0.15) is 0 Å². The van der Waals surface area contributed by atoms with Crippen LogP contribution in [0, 0.1) is 11.8 Å². The van der Waals surface area contributed by atoms with Gasteiger partial charge >= 0.3 is 0 Å². The normalized spacial score (nSPS) is 32.6. The van der Waals surface area contributed by atoms with E-state index in [0.717, 1.165) is 31.7 Å². The second kappa shape index (κ2) is 7.18. The topological polar surface area (TPSA) is 67.2 Å². The molecule has 0 radical (unpaired) electrons. The zero-order valence-electron chi connectivity index (χ0n) is 15.4. The Balaban J connectivity index is 1.39. The lowest BCUT2D eigenvalue weighted by Gasteiger charge is -2.34. The summed E-state index contributed by atoms with van der Waals surface area (Å²) in [6.45, 7) is 5.54. The highest BCUT2D eigenvalue weighted by atomic mass is 16.3. The third kappa shape index (κ3) is 3.46. The molecule has 142 valence electrons. The van der Waals surface area contributed by atoms with E-state index in [4.69, 9.17) is 0 Å². The van der Waals surface area contributed by atoms with E-state index in [2.05, 4.69) is 29.0 Å². The van der Waals surface area contributed by atoms with Gasteiger partial charge in [-0.3, -0.25) is 4.79 Å². The molecular formula is C20H29N3O3. The number of aliphatic hydroxyl groups excluding tert-OH is 2. The first-order chi connectivity index (χ1) is 12.5.